The van der Waals surface area contributed by atoms with Gasteiger partial charge in [-0.05, 0) is 86.5 Å². The molecule has 0 spiro atoms. The summed E-state index contributed by atoms with van der Waals surface area (Å²) in [5.41, 5.74) is 4.84. The van der Waals surface area contributed by atoms with Crippen LogP contribution in [0.2, 0.25) is 0 Å². The summed E-state index contributed by atoms with van der Waals surface area (Å²) < 4.78 is 5.41. The summed E-state index contributed by atoms with van der Waals surface area (Å²) in [6, 6.07) is 5.72. The number of nitrogens with zero attached hydrogens (tertiary/aromatic N) is 2. The van der Waals surface area contributed by atoms with Crippen LogP contribution in [0, 0.1) is 11.3 Å². The highest BCUT2D eigenvalue weighted by molar-refractivity contribution is 5.82. The second kappa shape index (κ2) is 7.85. The summed E-state index contributed by atoms with van der Waals surface area (Å²) >= 11 is 0. The molecule has 0 bridgehead atoms. The molecule has 6 rings (SSSR count). The first kappa shape index (κ1) is 23.1. The molecule has 186 valence electrons. The zero-order valence-corrected chi connectivity index (χ0v) is 20.5. The monoisotopic (exact) mass is 478 g/mol. The molecule has 0 saturated heterocycles. The van der Waals surface area contributed by atoms with E-state index in [1.165, 1.54) is 17.5 Å². The van der Waals surface area contributed by atoms with E-state index >= 15 is 0 Å². The molecule has 0 amide bonds. The first-order valence-corrected chi connectivity index (χ1v) is 12.5. The van der Waals surface area contributed by atoms with Gasteiger partial charge in [-0.1, -0.05) is 30.7 Å². The van der Waals surface area contributed by atoms with Crippen molar-refractivity contribution in [3.8, 4) is 0 Å². The average Bonchev–Trinajstić information content (AvgIpc) is 3.37. The lowest BCUT2D eigenvalue weighted by Gasteiger charge is -2.46. The molecular weight excluding hydrogens is 444 g/mol. The molecule has 1 fully saturated rings. The first-order valence-electron chi connectivity index (χ1n) is 12.5. The van der Waals surface area contributed by atoms with E-state index in [0.717, 1.165) is 28.7 Å². The number of allylic oxidation sites excluding steroid dienone is 3. The topological polar surface area (TPSA) is 110 Å². The van der Waals surface area contributed by atoms with E-state index in [4.69, 9.17) is 4.42 Å². The summed E-state index contributed by atoms with van der Waals surface area (Å²) in [5.74, 6) is 0.205. The van der Waals surface area contributed by atoms with Gasteiger partial charge in [-0.2, -0.15) is 0 Å². The van der Waals surface area contributed by atoms with Crippen LogP contribution in [0.1, 0.15) is 44.6 Å². The van der Waals surface area contributed by atoms with E-state index in [2.05, 4.69) is 30.1 Å². The number of hydrogen-bond donors (Lipinski definition) is 4. The van der Waals surface area contributed by atoms with Crippen LogP contribution in [0.15, 0.2) is 57.9 Å². The molecule has 1 aromatic carbocycles. The van der Waals surface area contributed by atoms with Gasteiger partial charge in [0.05, 0.1) is 17.8 Å². The Labute approximate surface area is 205 Å². The number of likely N-dealkylation sites (N-methyl/N-ethyl adjacent to an activating group) is 1. The molecule has 7 nitrogen and oxygen atoms in total. The van der Waals surface area contributed by atoms with Crippen LogP contribution >= 0.6 is 0 Å². The number of rotatable bonds is 2. The first-order chi connectivity index (χ1) is 16.6. The van der Waals surface area contributed by atoms with Gasteiger partial charge in [0.1, 0.15) is 11.6 Å². The maximum absolute atomic E-state index is 11.7. The van der Waals surface area contributed by atoms with Crippen molar-refractivity contribution in [2.45, 2.75) is 69.0 Å². The van der Waals surface area contributed by atoms with Crippen molar-refractivity contribution >= 4 is 16.7 Å². The molecule has 1 saturated carbocycles. The summed E-state index contributed by atoms with van der Waals surface area (Å²) in [4.78, 5) is 6.18. The zero-order valence-electron chi connectivity index (χ0n) is 20.5. The van der Waals surface area contributed by atoms with E-state index in [1.54, 1.807) is 0 Å². The van der Waals surface area contributed by atoms with Crippen molar-refractivity contribution in [2.24, 2.45) is 11.3 Å². The number of aliphatic hydroxyl groups is 4. The van der Waals surface area contributed by atoms with E-state index in [1.807, 2.05) is 31.1 Å². The minimum Gasteiger partial charge on any atom is -0.443 e. The fraction of sp³-hybridized carbons (Fsp3) is 0.536. The maximum atomic E-state index is 11.7. The van der Waals surface area contributed by atoms with Crippen LogP contribution in [0.4, 0.5) is 0 Å². The molecule has 0 aliphatic heterocycles. The van der Waals surface area contributed by atoms with Crippen molar-refractivity contribution in [3.05, 3.63) is 59.0 Å². The van der Waals surface area contributed by atoms with Crippen molar-refractivity contribution < 1.29 is 24.8 Å². The highest BCUT2D eigenvalue weighted by atomic mass is 16.3. The molecular formula is C28H34N2O5. The van der Waals surface area contributed by atoms with Gasteiger partial charge >= 0.3 is 0 Å². The molecule has 4 aliphatic rings. The molecule has 4 aliphatic carbocycles. The second-order valence-electron chi connectivity index (χ2n) is 11.4. The molecule has 1 heterocycles. The summed E-state index contributed by atoms with van der Waals surface area (Å²) in [5, 5.41) is 45.0. The largest absolute Gasteiger partial charge is 0.443 e. The Morgan fingerprint density at radius 3 is 2.71 bits per heavy atom. The Morgan fingerprint density at radius 2 is 1.94 bits per heavy atom. The van der Waals surface area contributed by atoms with E-state index in [9.17, 15) is 20.4 Å². The van der Waals surface area contributed by atoms with Crippen molar-refractivity contribution in [1.82, 2.24) is 9.88 Å². The molecule has 0 radical (unpaired) electrons. The van der Waals surface area contributed by atoms with Gasteiger partial charge in [0.2, 0.25) is 0 Å². The number of hydrogen-bond acceptors (Lipinski definition) is 7. The van der Waals surface area contributed by atoms with E-state index < -0.39 is 23.9 Å². The van der Waals surface area contributed by atoms with Gasteiger partial charge in [0.25, 0.3) is 0 Å². The van der Waals surface area contributed by atoms with Crippen LogP contribution in [0.25, 0.3) is 16.7 Å². The number of aromatic nitrogens is 1. The van der Waals surface area contributed by atoms with Crippen LogP contribution < -0.4 is 0 Å². The summed E-state index contributed by atoms with van der Waals surface area (Å²) in [6.07, 6.45) is 5.57. The highest BCUT2D eigenvalue weighted by Gasteiger charge is 2.53. The van der Waals surface area contributed by atoms with Crippen molar-refractivity contribution in [3.63, 3.8) is 0 Å². The van der Waals surface area contributed by atoms with Crippen LogP contribution in [0.3, 0.4) is 0 Å². The predicted octanol–water partition coefficient (Wildman–Crippen LogP) is 2.81. The number of aliphatic hydroxyl groups excluding tert-OH is 3. The normalized spacial score (nSPS) is 39.1. The lowest BCUT2D eigenvalue weighted by Crippen LogP contribution is -2.58. The van der Waals surface area contributed by atoms with E-state index in [-0.39, 0.29) is 17.4 Å². The minimum absolute atomic E-state index is 0.205. The van der Waals surface area contributed by atoms with Gasteiger partial charge < -0.3 is 29.7 Å². The lowest BCUT2D eigenvalue weighted by atomic mass is 9.61. The molecule has 2 unspecified atom stereocenters. The minimum atomic E-state index is -1.21. The third-order valence-electron chi connectivity index (χ3n) is 9.25. The number of fused-ring (bicyclic) bond motifs is 4. The smallest absolute Gasteiger partial charge is 0.181 e. The van der Waals surface area contributed by atoms with E-state index in [0.29, 0.717) is 31.3 Å². The Morgan fingerprint density at radius 1 is 1.14 bits per heavy atom. The second-order valence-corrected chi connectivity index (χ2v) is 11.4. The average molecular weight is 479 g/mol. The Hall–Kier alpha value is -2.29. The number of oxazole rings is 1. The quantitative estimate of drug-likeness (QED) is 0.525. The SMILES string of the molecule is CN(C)[C@H]1C[C@]2(O)CCC3=C(C=C2[C@@H](O)[C@@H]1O)C(O)C[C@]1(C)C(c2ccc4ocnc4c2)=CCC31. The molecule has 7 atom stereocenters. The zero-order chi connectivity index (χ0) is 24.7. The standard InChI is InChI=1S/C28H34N2O5/c1-27-13-23(31)17-11-20-25(32)26(33)22(30(2)3)12-28(20,34)9-8-16(17)19(27)6-5-18(27)15-4-7-24-21(10-15)29-14-35-24/h4-5,7,10-11,14,19,22-23,25-26,31-34H,6,8-9,12-13H2,1-3H3/t19?,22-,23?,25+,26+,27+,28+/m0/s1. The molecule has 7 heteroatoms. The van der Waals surface area contributed by atoms with Crippen LogP contribution in [-0.2, 0) is 0 Å². The fourth-order valence-electron chi connectivity index (χ4n) is 7.32. The van der Waals surface area contributed by atoms with Gasteiger partial charge in [0, 0.05) is 11.5 Å². The number of benzene rings is 1. The van der Waals surface area contributed by atoms with Crippen molar-refractivity contribution in [2.75, 3.05) is 14.1 Å². The van der Waals surface area contributed by atoms with Gasteiger partial charge in [-0.3, -0.25) is 0 Å². The molecule has 35 heavy (non-hydrogen) atoms. The summed E-state index contributed by atoms with van der Waals surface area (Å²) in [7, 11) is 3.71. The van der Waals surface area contributed by atoms with Crippen LogP contribution in [0.5, 0.6) is 0 Å². The highest BCUT2D eigenvalue weighted by Crippen LogP contribution is 2.60. The Kier molecular flexibility index (Phi) is 5.19. The maximum Gasteiger partial charge on any atom is 0.181 e. The van der Waals surface area contributed by atoms with Gasteiger partial charge in [-0.15, -0.1) is 0 Å². The molecule has 1 aromatic heterocycles. The van der Waals surface area contributed by atoms with Gasteiger partial charge in [0.15, 0.2) is 12.0 Å². The van der Waals surface area contributed by atoms with Gasteiger partial charge in [-0.25, -0.2) is 4.98 Å². The third-order valence-corrected chi connectivity index (χ3v) is 9.25. The molecule has 2 aromatic rings. The fourth-order valence-corrected chi connectivity index (χ4v) is 7.32. The van der Waals surface area contributed by atoms with Crippen LogP contribution in [-0.4, -0.2) is 74.4 Å². The van der Waals surface area contributed by atoms with Crippen molar-refractivity contribution in [1.29, 1.82) is 0 Å². The Balaban J connectivity index is 1.38. The third kappa shape index (κ3) is 3.33. The molecule has 4 N–H and O–H groups in total. The predicted molar refractivity (Wildman–Crippen MR) is 132 cm³/mol. The Bertz CT molecular complexity index is 1280. The summed E-state index contributed by atoms with van der Waals surface area (Å²) in [6.45, 7) is 2.23. The lowest BCUT2D eigenvalue weighted by molar-refractivity contribution is -0.0922.